The van der Waals surface area contributed by atoms with Gasteiger partial charge in [0.2, 0.25) is 0 Å². The molecule has 0 saturated heterocycles. The van der Waals surface area contributed by atoms with E-state index in [1.165, 1.54) is 12.1 Å². The van der Waals surface area contributed by atoms with Gasteiger partial charge in [0.15, 0.2) is 0 Å². The van der Waals surface area contributed by atoms with Gasteiger partial charge in [0, 0.05) is 27.1 Å². The van der Waals surface area contributed by atoms with Crippen molar-refractivity contribution in [2.75, 3.05) is 0 Å². The van der Waals surface area contributed by atoms with Gasteiger partial charge in [-0.15, -0.1) is 0 Å². The van der Waals surface area contributed by atoms with Gasteiger partial charge in [0.05, 0.1) is 62.3 Å². The molecule has 0 spiro atoms. The molecule has 0 fully saturated rings. The third-order valence-electron chi connectivity index (χ3n) is 14.5. The average molecular weight is 963 g/mol. The van der Waals surface area contributed by atoms with E-state index in [2.05, 4.69) is 155 Å². The fourth-order valence-corrected chi connectivity index (χ4v) is 10.6. The molecule has 7 heteroatoms. The molecule has 4 nitrogen and oxygen atoms in total. The van der Waals surface area contributed by atoms with Crippen LogP contribution < -0.4 is 0 Å². The van der Waals surface area contributed by atoms with E-state index in [1.54, 1.807) is 12.1 Å². The zero-order valence-electron chi connectivity index (χ0n) is 41.0. The molecular formula is C67H45F3N4. The molecule has 0 radical (unpaired) electrons. The molecule has 0 bridgehead atoms. The summed E-state index contributed by atoms with van der Waals surface area (Å²) in [6, 6.07) is 69.9. The van der Waals surface area contributed by atoms with E-state index < -0.39 is 11.7 Å². The van der Waals surface area contributed by atoms with Crippen molar-refractivity contribution in [2.45, 2.75) is 33.9 Å². The quantitative estimate of drug-likeness (QED) is 0.160. The zero-order valence-corrected chi connectivity index (χ0v) is 41.0. The fourth-order valence-electron chi connectivity index (χ4n) is 10.6. The molecule has 2 aromatic heterocycles. The number of rotatable bonds is 7. The summed E-state index contributed by atoms with van der Waals surface area (Å²) in [5.74, 6) is 0. The number of aromatic nitrogens is 2. The van der Waals surface area contributed by atoms with E-state index in [0.29, 0.717) is 11.4 Å². The minimum absolute atomic E-state index is 0.119. The predicted molar refractivity (Wildman–Crippen MR) is 296 cm³/mol. The van der Waals surface area contributed by atoms with Crippen molar-refractivity contribution in [2.24, 2.45) is 0 Å². The number of hydrogen-bond donors (Lipinski definition) is 0. The van der Waals surface area contributed by atoms with E-state index in [4.69, 9.17) is 0 Å². The Morgan fingerprint density at radius 1 is 0.338 bits per heavy atom. The van der Waals surface area contributed by atoms with E-state index in [1.807, 2.05) is 63.7 Å². The monoisotopic (exact) mass is 962 g/mol. The van der Waals surface area contributed by atoms with Crippen molar-refractivity contribution in [1.82, 2.24) is 9.13 Å². The fraction of sp³-hybridized carbons (Fsp3) is 0.0746. The van der Waals surface area contributed by atoms with E-state index in [9.17, 15) is 10.5 Å². The number of nitrogens with zero attached hydrogens (tertiary/aromatic N) is 4. The van der Waals surface area contributed by atoms with Crippen LogP contribution in [0.1, 0.15) is 38.9 Å². The number of halogens is 3. The van der Waals surface area contributed by atoms with Crippen LogP contribution in [-0.4, -0.2) is 9.13 Å². The third kappa shape index (κ3) is 7.87. The normalized spacial score (nSPS) is 11.7. The average Bonchev–Trinajstić information content (AvgIpc) is 3.93. The molecule has 2 heterocycles. The molecule has 74 heavy (non-hydrogen) atoms. The minimum Gasteiger partial charge on any atom is -0.308 e. The second kappa shape index (κ2) is 17.7. The molecule has 0 unspecified atom stereocenters. The maximum atomic E-state index is 15.9. The lowest BCUT2D eigenvalue weighted by atomic mass is 9.92. The third-order valence-corrected chi connectivity index (χ3v) is 14.5. The summed E-state index contributed by atoms with van der Waals surface area (Å²) in [5.41, 5.74) is 15.6. The first-order chi connectivity index (χ1) is 35.8. The summed E-state index contributed by atoms with van der Waals surface area (Å²) < 4.78 is 51.7. The molecule has 0 saturated carbocycles. The molecule has 0 aliphatic rings. The van der Waals surface area contributed by atoms with Crippen LogP contribution in [0.3, 0.4) is 0 Å². The van der Waals surface area contributed by atoms with Crippen molar-refractivity contribution in [3.05, 3.63) is 239 Å². The van der Waals surface area contributed by atoms with Gasteiger partial charge < -0.3 is 9.13 Å². The highest BCUT2D eigenvalue weighted by molar-refractivity contribution is 6.14. The van der Waals surface area contributed by atoms with Crippen molar-refractivity contribution in [3.63, 3.8) is 0 Å². The standard InChI is InChI=1S/C67H45F3N4/c1-40-5-14-46(15-6-40)50-22-27-60-55(34-50)56-35-51(47-16-7-41(2)8-17-47)23-28-61(56)73(60)64-32-45(39-72)33-65(66(64)54-26-13-44(38-71)31-59(54)67(68,69)70)74-62-29-24-52(48-18-9-42(3)10-19-48)36-57(62)58-37-53(25-30-63(58)74)49-20-11-43(4)12-21-49/h5-37H,1-4H3. The van der Waals surface area contributed by atoms with Crippen LogP contribution in [0.2, 0.25) is 0 Å². The van der Waals surface area contributed by atoms with E-state index in [0.717, 1.165) is 116 Å². The number of benzene rings is 10. The second-order valence-electron chi connectivity index (χ2n) is 19.4. The topological polar surface area (TPSA) is 57.4 Å². The first kappa shape index (κ1) is 45.7. The molecule has 0 atom stereocenters. The van der Waals surface area contributed by atoms with Gasteiger partial charge in [-0.05, 0) is 151 Å². The highest BCUT2D eigenvalue weighted by Crippen LogP contribution is 2.48. The van der Waals surface area contributed by atoms with Gasteiger partial charge in [-0.2, -0.15) is 23.7 Å². The number of fused-ring (bicyclic) bond motifs is 6. The lowest BCUT2D eigenvalue weighted by molar-refractivity contribution is -0.137. The summed E-state index contributed by atoms with van der Waals surface area (Å²) in [6.07, 6.45) is -4.87. The van der Waals surface area contributed by atoms with Crippen LogP contribution >= 0.6 is 0 Å². The van der Waals surface area contributed by atoms with Crippen LogP contribution in [-0.2, 0) is 6.18 Å². The SMILES string of the molecule is Cc1ccc(-c2ccc3c(c2)c2cc(-c4ccc(C)cc4)ccc2n3-c2cc(C#N)cc(-n3c4ccc(-c5ccc(C)cc5)cc4c4cc(-c5ccc(C)cc5)ccc43)c2-c2ccc(C#N)cc2C(F)(F)F)cc1. The summed E-state index contributed by atoms with van der Waals surface area (Å²) in [7, 11) is 0. The lowest BCUT2D eigenvalue weighted by Gasteiger charge is -2.23. The summed E-state index contributed by atoms with van der Waals surface area (Å²) in [5, 5.41) is 24.7. The van der Waals surface area contributed by atoms with E-state index in [-0.39, 0.29) is 22.3 Å². The van der Waals surface area contributed by atoms with Crippen LogP contribution in [0, 0.1) is 50.4 Å². The zero-order chi connectivity index (χ0) is 51.0. The smallest absolute Gasteiger partial charge is 0.308 e. The minimum atomic E-state index is -4.87. The Kier molecular flexibility index (Phi) is 10.9. The van der Waals surface area contributed by atoms with Crippen LogP contribution in [0.4, 0.5) is 13.2 Å². The molecule has 354 valence electrons. The summed E-state index contributed by atoms with van der Waals surface area (Å²) in [6.45, 7) is 8.21. The Labute approximate surface area is 426 Å². The van der Waals surface area contributed by atoms with Gasteiger partial charge >= 0.3 is 6.18 Å². The molecule has 0 aliphatic carbocycles. The van der Waals surface area contributed by atoms with Crippen molar-refractivity contribution in [1.29, 1.82) is 10.5 Å². The first-order valence-corrected chi connectivity index (χ1v) is 24.5. The maximum Gasteiger partial charge on any atom is 0.417 e. The van der Waals surface area contributed by atoms with Crippen molar-refractivity contribution in [3.8, 4) is 79.1 Å². The van der Waals surface area contributed by atoms with Gasteiger partial charge in [0.1, 0.15) is 0 Å². The lowest BCUT2D eigenvalue weighted by Crippen LogP contribution is -2.11. The van der Waals surface area contributed by atoms with Crippen LogP contribution in [0.5, 0.6) is 0 Å². The molecular weight excluding hydrogens is 918 g/mol. The van der Waals surface area contributed by atoms with Crippen molar-refractivity contribution >= 4 is 43.6 Å². The predicted octanol–water partition coefficient (Wildman–Crippen LogP) is 18.2. The number of hydrogen-bond acceptors (Lipinski definition) is 2. The first-order valence-electron chi connectivity index (χ1n) is 24.5. The highest BCUT2D eigenvalue weighted by Gasteiger charge is 2.36. The molecule has 0 N–H and O–H groups in total. The highest BCUT2D eigenvalue weighted by atomic mass is 19.4. The van der Waals surface area contributed by atoms with Gasteiger partial charge in [0.25, 0.3) is 0 Å². The van der Waals surface area contributed by atoms with Gasteiger partial charge in [-0.25, -0.2) is 0 Å². The van der Waals surface area contributed by atoms with Gasteiger partial charge in [-0.3, -0.25) is 0 Å². The van der Waals surface area contributed by atoms with Crippen LogP contribution in [0.25, 0.3) is 111 Å². The molecule has 10 aromatic carbocycles. The number of nitriles is 2. The molecule has 12 aromatic rings. The Morgan fingerprint density at radius 2 is 0.635 bits per heavy atom. The molecule has 0 aliphatic heterocycles. The second-order valence-corrected chi connectivity index (χ2v) is 19.4. The van der Waals surface area contributed by atoms with Crippen LogP contribution in [0.15, 0.2) is 200 Å². The number of alkyl halides is 3. The summed E-state index contributed by atoms with van der Waals surface area (Å²) in [4.78, 5) is 0. The maximum absolute atomic E-state index is 15.9. The van der Waals surface area contributed by atoms with Crippen molar-refractivity contribution < 1.29 is 13.2 Å². The largest absolute Gasteiger partial charge is 0.417 e. The Balaban J connectivity index is 1.22. The Morgan fingerprint density at radius 3 is 0.919 bits per heavy atom. The van der Waals surface area contributed by atoms with Gasteiger partial charge in [-0.1, -0.05) is 150 Å². The number of aryl methyl sites for hydroxylation is 4. The Hall–Kier alpha value is -9.43. The Bertz CT molecular complexity index is 3870. The summed E-state index contributed by atoms with van der Waals surface area (Å²) >= 11 is 0. The molecule has 12 rings (SSSR count). The van der Waals surface area contributed by atoms with E-state index >= 15 is 13.2 Å². The molecule has 0 amide bonds.